The van der Waals surface area contributed by atoms with Crippen molar-refractivity contribution in [2.75, 3.05) is 23.1 Å². The fourth-order valence-electron chi connectivity index (χ4n) is 3.54. The van der Waals surface area contributed by atoms with Crippen molar-refractivity contribution in [1.82, 2.24) is 9.71 Å². The van der Waals surface area contributed by atoms with Crippen LogP contribution in [0.15, 0.2) is 28.5 Å². The van der Waals surface area contributed by atoms with Crippen LogP contribution in [0.25, 0.3) is 0 Å². The van der Waals surface area contributed by atoms with Gasteiger partial charge >= 0.3 is 11.8 Å². The van der Waals surface area contributed by atoms with E-state index in [0.29, 0.717) is 16.9 Å². The zero-order valence-corrected chi connectivity index (χ0v) is 20.9. The van der Waals surface area contributed by atoms with E-state index in [9.17, 15) is 31.2 Å². The first-order valence-electron chi connectivity index (χ1n) is 10.2. The van der Waals surface area contributed by atoms with Crippen LogP contribution in [-0.2, 0) is 36.0 Å². The van der Waals surface area contributed by atoms with Gasteiger partial charge in [0.25, 0.3) is 0 Å². The minimum absolute atomic E-state index is 0.0884. The van der Waals surface area contributed by atoms with Crippen LogP contribution in [0.3, 0.4) is 0 Å². The molecule has 0 bridgehead atoms. The number of hydrogen-bond acceptors (Lipinski definition) is 9. The van der Waals surface area contributed by atoms with E-state index in [1.165, 1.54) is 6.07 Å². The molecule has 3 N–H and O–H groups in total. The number of hydrogen-bond donors (Lipinski definition) is 3. The summed E-state index contributed by atoms with van der Waals surface area (Å²) < 4.78 is 48.6. The summed E-state index contributed by atoms with van der Waals surface area (Å²) in [5.41, 5.74) is 0.410. The van der Waals surface area contributed by atoms with Crippen LogP contribution in [0.1, 0.15) is 41.7 Å². The average Bonchev–Trinajstić information content (AvgIpc) is 3.41. The quantitative estimate of drug-likeness (QED) is 0.342. The van der Waals surface area contributed by atoms with Gasteiger partial charge in [0, 0.05) is 17.7 Å². The molecule has 1 aliphatic rings. The van der Waals surface area contributed by atoms with Crippen LogP contribution in [0.5, 0.6) is 0 Å². The highest BCUT2D eigenvalue weighted by molar-refractivity contribution is 7.93. The lowest BCUT2D eigenvalue weighted by Crippen LogP contribution is -2.30. The second-order valence-corrected chi connectivity index (χ2v) is 13.0. The Morgan fingerprint density at radius 2 is 1.62 bits per heavy atom. The number of nitrogens with one attached hydrogen (secondary N) is 3. The Labute approximate surface area is 201 Å². The third kappa shape index (κ3) is 6.68. The van der Waals surface area contributed by atoms with E-state index < -0.39 is 38.2 Å². The second kappa shape index (κ2) is 10.3. The Morgan fingerprint density at radius 1 is 1.00 bits per heavy atom. The normalized spacial score (nSPS) is 14.6. The number of sulfonamides is 1. The molecule has 14 heteroatoms. The van der Waals surface area contributed by atoms with E-state index in [-0.39, 0.29) is 32.4 Å². The maximum absolute atomic E-state index is 12.8. The number of sulfone groups is 1. The smallest absolute Gasteiger partial charge is 0.315 e. The number of ketones is 1. The summed E-state index contributed by atoms with van der Waals surface area (Å²) in [5.74, 6) is -2.40. The van der Waals surface area contributed by atoms with Crippen LogP contribution in [-0.4, -0.2) is 51.9 Å². The molecule has 0 spiro atoms. The molecule has 1 fully saturated rings. The highest BCUT2D eigenvalue weighted by Gasteiger charge is 2.27. The molecule has 0 atom stereocenters. The summed E-state index contributed by atoms with van der Waals surface area (Å²) in [6.07, 6.45) is 5.33. The van der Waals surface area contributed by atoms with Crippen LogP contribution in [0.2, 0.25) is 0 Å². The van der Waals surface area contributed by atoms with Crippen molar-refractivity contribution in [2.24, 2.45) is 5.92 Å². The van der Waals surface area contributed by atoms with Gasteiger partial charge < -0.3 is 5.32 Å². The van der Waals surface area contributed by atoms with Gasteiger partial charge in [0.1, 0.15) is 4.21 Å². The Kier molecular flexibility index (Phi) is 7.85. The minimum Gasteiger partial charge on any atom is -0.317 e. The molecule has 1 aliphatic carbocycles. The van der Waals surface area contributed by atoms with Crippen molar-refractivity contribution >= 4 is 59.6 Å². The molecule has 0 radical (unpaired) electrons. The Balaban J connectivity index is 1.75. The molecule has 184 valence electrons. The van der Waals surface area contributed by atoms with Crippen molar-refractivity contribution in [2.45, 2.75) is 36.4 Å². The number of carbonyl (C=O) groups excluding carboxylic acids is 3. The van der Waals surface area contributed by atoms with Gasteiger partial charge in [-0.3, -0.25) is 19.7 Å². The van der Waals surface area contributed by atoms with E-state index >= 15 is 0 Å². The molecule has 2 aromatic rings. The fourth-order valence-corrected chi connectivity index (χ4v) is 6.04. The fraction of sp³-hybridized carbons (Fsp3) is 0.400. The van der Waals surface area contributed by atoms with Crippen LogP contribution in [0, 0.1) is 5.92 Å². The zero-order valence-electron chi connectivity index (χ0n) is 18.5. The van der Waals surface area contributed by atoms with E-state index in [1.54, 1.807) is 18.2 Å². The molecular formula is C20H24N4O7S3. The number of rotatable bonds is 8. The number of para-hydroxylation sites is 1. The highest BCUT2D eigenvalue weighted by Crippen LogP contribution is 2.31. The maximum Gasteiger partial charge on any atom is 0.315 e. The Bertz CT molecular complexity index is 1330. The SMILES string of the molecule is CS(=O)(=O)NCc1nc(NC(=O)C(=O)Nc2ccccc2C(=O)C2CCCC2)sc1S(C)(=O)=O. The standard InChI is InChI=1S/C20H24N4O7S3/c1-33(28,29)19-15(11-21-34(2,30)31)23-20(32-19)24-18(27)17(26)22-14-10-6-5-9-13(14)16(25)12-7-3-4-8-12/h5-6,9-10,12,21H,3-4,7-8,11H2,1-2H3,(H,22,26)(H,23,24,27). The van der Waals surface area contributed by atoms with E-state index in [1.807, 2.05) is 0 Å². The van der Waals surface area contributed by atoms with Crippen molar-refractivity contribution in [3.05, 3.63) is 35.5 Å². The van der Waals surface area contributed by atoms with Gasteiger partial charge in [-0.15, -0.1) is 0 Å². The predicted octanol–water partition coefficient (Wildman–Crippen LogP) is 1.55. The number of amides is 2. The van der Waals surface area contributed by atoms with E-state index in [2.05, 4.69) is 20.3 Å². The lowest BCUT2D eigenvalue weighted by Gasteiger charge is -2.13. The first-order chi connectivity index (χ1) is 15.8. The van der Waals surface area contributed by atoms with Crippen LogP contribution >= 0.6 is 11.3 Å². The van der Waals surface area contributed by atoms with Crippen molar-refractivity contribution < 1.29 is 31.2 Å². The molecular weight excluding hydrogens is 504 g/mol. The maximum atomic E-state index is 12.8. The molecule has 1 aromatic heterocycles. The van der Waals surface area contributed by atoms with Gasteiger partial charge in [-0.25, -0.2) is 26.5 Å². The zero-order chi connectivity index (χ0) is 25.1. The molecule has 11 nitrogen and oxygen atoms in total. The van der Waals surface area contributed by atoms with Gasteiger partial charge in [0.15, 0.2) is 20.8 Å². The lowest BCUT2D eigenvalue weighted by molar-refractivity contribution is -0.133. The molecule has 1 saturated carbocycles. The van der Waals surface area contributed by atoms with E-state index in [0.717, 1.165) is 38.2 Å². The summed E-state index contributed by atoms with van der Waals surface area (Å²) in [6, 6.07) is 6.41. The third-order valence-electron chi connectivity index (χ3n) is 5.09. The number of nitrogens with zero attached hydrogens (tertiary/aromatic N) is 1. The number of aromatic nitrogens is 1. The molecule has 1 aromatic carbocycles. The topological polar surface area (TPSA) is 168 Å². The lowest BCUT2D eigenvalue weighted by atomic mass is 9.95. The number of thiazole rings is 1. The summed E-state index contributed by atoms with van der Waals surface area (Å²) in [4.78, 5) is 41.7. The van der Waals surface area contributed by atoms with Gasteiger partial charge in [-0.05, 0) is 25.0 Å². The second-order valence-electron chi connectivity index (χ2n) is 7.92. The number of Topliss-reactive ketones (excluding diaryl/α,β-unsaturated/α-hetero) is 1. The number of anilines is 2. The first-order valence-corrected chi connectivity index (χ1v) is 14.8. The molecule has 34 heavy (non-hydrogen) atoms. The molecule has 2 amide bonds. The number of benzene rings is 1. The van der Waals surface area contributed by atoms with E-state index in [4.69, 9.17) is 0 Å². The third-order valence-corrected chi connectivity index (χ3v) is 8.64. The van der Waals surface area contributed by atoms with Gasteiger partial charge in [0.05, 0.1) is 24.2 Å². The molecule has 1 heterocycles. The minimum atomic E-state index is -3.78. The predicted molar refractivity (Wildman–Crippen MR) is 127 cm³/mol. The monoisotopic (exact) mass is 528 g/mol. The summed E-state index contributed by atoms with van der Waals surface area (Å²) in [7, 11) is -7.40. The number of carbonyl (C=O) groups is 3. The summed E-state index contributed by atoms with van der Waals surface area (Å²) >= 11 is 0.594. The largest absolute Gasteiger partial charge is 0.317 e. The van der Waals surface area contributed by atoms with Crippen molar-refractivity contribution in [3.8, 4) is 0 Å². The molecule has 0 saturated heterocycles. The van der Waals surface area contributed by atoms with Crippen molar-refractivity contribution in [3.63, 3.8) is 0 Å². The van der Waals surface area contributed by atoms with Gasteiger partial charge in [-0.2, -0.15) is 0 Å². The Morgan fingerprint density at radius 3 is 2.24 bits per heavy atom. The average molecular weight is 529 g/mol. The van der Waals surface area contributed by atoms with Gasteiger partial charge in [-0.1, -0.05) is 36.3 Å². The summed E-state index contributed by atoms with van der Waals surface area (Å²) in [6.45, 7) is -0.406. The molecule has 0 unspecified atom stereocenters. The van der Waals surface area contributed by atoms with Crippen LogP contribution in [0.4, 0.5) is 10.8 Å². The molecule has 3 rings (SSSR count). The first kappa shape index (κ1) is 25.9. The Hall–Kier alpha value is -2.68. The van der Waals surface area contributed by atoms with Crippen molar-refractivity contribution in [1.29, 1.82) is 0 Å². The van der Waals surface area contributed by atoms with Crippen LogP contribution < -0.4 is 15.4 Å². The highest BCUT2D eigenvalue weighted by atomic mass is 32.2. The van der Waals surface area contributed by atoms with Gasteiger partial charge in [0.2, 0.25) is 10.0 Å². The summed E-state index contributed by atoms with van der Waals surface area (Å²) in [5, 5.41) is 4.46. The molecule has 0 aliphatic heterocycles.